The summed E-state index contributed by atoms with van der Waals surface area (Å²) in [5.41, 5.74) is 4.43. The summed E-state index contributed by atoms with van der Waals surface area (Å²) in [6, 6.07) is 12.2. The highest BCUT2D eigenvalue weighted by Gasteiger charge is 2.30. The van der Waals surface area contributed by atoms with Gasteiger partial charge >= 0.3 is 5.97 Å². The van der Waals surface area contributed by atoms with Crippen molar-refractivity contribution in [1.29, 1.82) is 0 Å². The Hall–Kier alpha value is -1.74. The van der Waals surface area contributed by atoms with Crippen LogP contribution in [-0.4, -0.2) is 11.2 Å². The first-order chi connectivity index (χ1) is 10.1. The molecule has 1 aliphatic rings. The molecule has 1 unspecified atom stereocenters. The molecule has 2 aromatic carbocycles. The monoisotopic (exact) mass is 298 g/mol. The van der Waals surface area contributed by atoms with Crippen molar-refractivity contribution in [2.45, 2.75) is 37.3 Å². The molecule has 2 nitrogen and oxygen atoms in total. The second-order valence-electron chi connectivity index (χ2n) is 5.49. The van der Waals surface area contributed by atoms with Gasteiger partial charge in [0.15, 0.2) is 0 Å². The maximum atomic E-state index is 12.5. The van der Waals surface area contributed by atoms with Gasteiger partial charge < -0.3 is 4.74 Å². The molecule has 21 heavy (non-hydrogen) atoms. The summed E-state index contributed by atoms with van der Waals surface area (Å²) < 4.78 is 5.71. The molecule has 0 bridgehead atoms. The highest BCUT2D eigenvalue weighted by Crippen LogP contribution is 2.38. The quantitative estimate of drug-likeness (QED) is 0.613. The molecular formula is C18H18O2S. The molecular weight excluding hydrogens is 280 g/mol. The average Bonchev–Trinajstić information content (AvgIpc) is 2.91. The summed E-state index contributed by atoms with van der Waals surface area (Å²) in [5.74, 6) is 0.574. The maximum absolute atomic E-state index is 12.5. The lowest BCUT2D eigenvalue weighted by Gasteiger charge is -2.14. The number of carbonyl (C=O) groups is 1. The zero-order valence-electron chi connectivity index (χ0n) is 12.5. The van der Waals surface area contributed by atoms with Crippen LogP contribution in [0.15, 0.2) is 41.3 Å². The summed E-state index contributed by atoms with van der Waals surface area (Å²) in [5, 5.41) is -0.137. The van der Waals surface area contributed by atoms with Crippen LogP contribution in [0, 0.1) is 20.8 Å². The number of aryl methyl sites for hydroxylation is 2. The molecule has 0 aliphatic carbocycles. The van der Waals surface area contributed by atoms with E-state index in [0.29, 0.717) is 0 Å². The van der Waals surface area contributed by atoms with E-state index in [9.17, 15) is 4.79 Å². The van der Waals surface area contributed by atoms with Gasteiger partial charge in [0.2, 0.25) is 0 Å². The molecule has 3 heteroatoms. The Labute approximate surface area is 129 Å². The van der Waals surface area contributed by atoms with E-state index in [4.69, 9.17) is 4.74 Å². The van der Waals surface area contributed by atoms with Crippen LogP contribution in [0.25, 0.3) is 0 Å². The third kappa shape index (κ3) is 2.70. The minimum absolute atomic E-state index is 0.137. The molecule has 0 saturated heterocycles. The number of benzene rings is 2. The van der Waals surface area contributed by atoms with Crippen LogP contribution in [0.2, 0.25) is 0 Å². The molecule has 0 saturated carbocycles. The molecule has 0 spiro atoms. The Morgan fingerprint density at radius 3 is 2.57 bits per heavy atom. The van der Waals surface area contributed by atoms with Crippen LogP contribution in [0.3, 0.4) is 0 Å². The Kier molecular flexibility index (Phi) is 3.77. The van der Waals surface area contributed by atoms with Gasteiger partial charge in [0, 0.05) is 4.90 Å². The molecule has 1 heterocycles. The van der Waals surface area contributed by atoms with Crippen LogP contribution in [0.4, 0.5) is 0 Å². The third-order valence-electron chi connectivity index (χ3n) is 3.99. The summed E-state index contributed by atoms with van der Waals surface area (Å²) in [6.07, 6.45) is 0.754. The van der Waals surface area contributed by atoms with Gasteiger partial charge in [-0.2, -0.15) is 0 Å². The summed E-state index contributed by atoms with van der Waals surface area (Å²) >= 11 is 1.60. The van der Waals surface area contributed by atoms with E-state index >= 15 is 0 Å². The van der Waals surface area contributed by atoms with Gasteiger partial charge in [-0.05, 0) is 55.5 Å². The van der Waals surface area contributed by atoms with Gasteiger partial charge in [-0.1, -0.05) is 30.3 Å². The zero-order chi connectivity index (χ0) is 15.0. The van der Waals surface area contributed by atoms with Gasteiger partial charge in [0.1, 0.15) is 11.0 Å². The number of fused-ring (bicyclic) bond motifs is 1. The van der Waals surface area contributed by atoms with Crippen molar-refractivity contribution in [2.24, 2.45) is 0 Å². The topological polar surface area (TPSA) is 26.3 Å². The summed E-state index contributed by atoms with van der Waals surface area (Å²) in [6.45, 7) is 6.01. The molecule has 0 fully saturated rings. The van der Waals surface area contributed by atoms with Gasteiger partial charge in [0.25, 0.3) is 0 Å². The van der Waals surface area contributed by atoms with Crippen LogP contribution in [-0.2, 0) is 11.2 Å². The van der Waals surface area contributed by atoms with Crippen molar-refractivity contribution >= 4 is 17.7 Å². The van der Waals surface area contributed by atoms with Crippen molar-refractivity contribution in [3.05, 3.63) is 58.7 Å². The lowest BCUT2D eigenvalue weighted by molar-refractivity contribution is -0.133. The second-order valence-corrected chi connectivity index (χ2v) is 6.74. The average molecular weight is 298 g/mol. The summed E-state index contributed by atoms with van der Waals surface area (Å²) in [7, 11) is 0. The Morgan fingerprint density at radius 1 is 1.10 bits per heavy atom. The van der Waals surface area contributed by atoms with E-state index in [1.54, 1.807) is 11.8 Å². The Balaban J connectivity index is 1.79. The van der Waals surface area contributed by atoms with Gasteiger partial charge in [-0.15, -0.1) is 11.8 Å². The van der Waals surface area contributed by atoms with Crippen molar-refractivity contribution in [1.82, 2.24) is 0 Å². The Morgan fingerprint density at radius 2 is 1.81 bits per heavy atom. The fourth-order valence-corrected chi connectivity index (χ4v) is 3.74. The number of rotatable bonds is 2. The van der Waals surface area contributed by atoms with E-state index in [1.165, 1.54) is 10.5 Å². The highest BCUT2D eigenvalue weighted by molar-refractivity contribution is 8.01. The molecule has 0 N–H and O–H groups in total. The van der Waals surface area contributed by atoms with E-state index in [-0.39, 0.29) is 11.2 Å². The number of carbonyl (C=O) groups excluding carboxylic acids is 1. The minimum Gasteiger partial charge on any atom is -0.425 e. The van der Waals surface area contributed by atoms with Crippen LogP contribution in [0.5, 0.6) is 5.75 Å². The first-order valence-electron chi connectivity index (χ1n) is 7.09. The molecule has 3 rings (SSSR count). The first-order valence-corrected chi connectivity index (χ1v) is 7.97. The molecule has 0 aromatic heterocycles. The van der Waals surface area contributed by atoms with Gasteiger partial charge in [-0.3, -0.25) is 4.79 Å². The third-order valence-corrected chi connectivity index (χ3v) is 5.28. The number of thioether (sulfide) groups is 1. The molecule has 2 aromatic rings. The molecule has 1 aliphatic heterocycles. The van der Waals surface area contributed by atoms with Crippen molar-refractivity contribution < 1.29 is 9.53 Å². The zero-order valence-corrected chi connectivity index (χ0v) is 13.3. The summed E-state index contributed by atoms with van der Waals surface area (Å²) in [4.78, 5) is 13.6. The fourth-order valence-electron chi connectivity index (χ4n) is 2.56. The lowest BCUT2D eigenvalue weighted by Crippen LogP contribution is -2.23. The van der Waals surface area contributed by atoms with Gasteiger partial charge in [0.05, 0.1) is 0 Å². The predicted octanol–water partition coefficient (Wildman–Crippen LogP) is 4.23. The van der Waals surface area contributed by atoms with E-state index in [2.05, 4.69) is 18.2 Å². The fraction of sp³-hybridized carbons (Fsp3) is 0.278. The smallest absolute Gasteiger partial charge is 0.325 e. The number of ether oxygens (including phenoxy) is 1. The highest BCUT2D eigenvalue weighted by atomic mass is 32.2. The SMILES string of the molecule is Cc1ccc(C)c(OC(=O)C2Cc3ccccc3S2)c1C. The van der Waals surface area contributed by atoms with E-state index < -0.39 is 0 Å². The van der Waals surface area contributed by atoms with Crippen LogP contribution < -0.4 is 4.74 Å². The molecule has 108 valence electrons. The van der Waals surface area contributed by atoms with E-state index in [0.717, 1.165) is 28.9 Å². The standard InChI is InChI=1S/C18H18O2S/c1-11-8-9-12(2)17(13(11)3)20-18(19)16-10-14-6-4-5-7-15(14)21-16/h4-9,16H,10H2,1-3H3. The van der Waals surface area contributed by atoms with Crippen LogP contribution >= 0.6 is 11.8 Å². The van der Waals surface area contributed by atoms with Crippen LogP contribution in [0.1, 0.15) is 22.3 Å². The van der Waals surface area contributed by atoms with Crippen molar-refractivity contribution in [2.75, 3.05) is 0 Å². The molecule has 0 radical (unpaired) electrons. The van der Waals surface area contributed by atoms with Gasteiger partial charge in [-0.25, -0.2) is 0 Å². The normalized spacial score (nSPS) is 16.6. The molecule has 1 atom stereocenters. The minimum atomic E-state index is -0.145. The Bertz CT molecular complexity index is 681. The van der Waals surface area contributed by atoms with Crippen molar-refractivity contribution in [3.63, 3.8) is 0 Å². The number of esters is 1. The lowest BCUT2D eigenvalue weighted by atomic mass is 10.1. The van der Waals surface area contributed by atoms with E-state index in [1.807, 2.05) is 39.0 Å². The predicted molar refractivity (Wildman–Crippen MR) is 86.1 cm³/mol. The largest absolute Gasteiger partial charge is 0.425 e. The number of hydrogen-bond acceptors (Lipinski definition) is 3. The van der Waals surface area contributed by atoms with Crippen molar-refractivity contribution in [3.8, 4) is 5.75 Å². The molecule has 0 amide bonds. The number of hydrogen-bond donors (Lipinski definition) is 0. The first kappa shape index (κ1) is 14.2. The second kappa shape index (κ2) is 5.57. The maximum Gasteiger partial charge on any atom is 0.325 e.